The van der Waals surface area contributed by atoms with E-state index in [0.29, 0.717) is 24.1 Å². The van der Waals surface area contributed by atoms with Crippen LogP contribution in [0.3, 0.4) is 0 Å². The smallest absolute Gasteiger partial charge is 0.347 e. The van der Waals surface area contributed by atoms with Crippen LogP contribution in [0.4, 0.5) is 23.2 Å². The number of alkyl halides is 4. The molecule has 2 saturated carbocycles. The third kappa shape index (κ3) is 4.34. The fourth-order valence-electron chi connectivity index (χ4n) is 6.45. The molecule has 0 atom stereocenters. The summed E-state index contributed by atoms with van der Waals surface area (Å²) >= 11 is 0. The van der Waals surface area contributed by atoms with Crippen LogP contribution < -0.4 is 10.2 Å². The Morgan fingerprint density at radius 1 is 1.15 bits per heavy atom. The maximum atomic E-state index is 14.2. The quantitative estimate of drug-likeness (QED) is 0.378. The summed E-state index contributed by atoms with van der Waals surface area (Å²) in [4.78, 5) is 16.7. The number of nitrogens with one attached hydrogen (secondary N) is 1. The molecule has 3 aromatic rings. The van der Waals surface area contributed by atoms with Gasteiger partial charge in [-0.05, 0) is 80.0 Å². The van der Waals surface area contributed by atoms with Gasteiger partial charge in [0.05, 0.1) is 23.6 Å². The van der Waals surface area contributed by atoms with Crippen molar-refractivity contribution in [1.82, 2.24) is 19.9 Å². The third-order valence-corrected chi connectivity index (χ3v) is 9.15. The average Bonchev–Trinajstić information content (AvgIpc) is 3.22. The number of carbonyl (C=O) groups excluding carboxylic acids is 1. The van der Waals surface area contributed by atoms with Crippen LogP contribution in [0.1, 0.15) is 77.5 Å². The summed E-state index contributed by atoms with van der Waals surface area (Å²) in [5.41, 5.74) is 0.539. The van der Waals surface area contributed by atoms with Crippen LogP contribution in [0, 0.1) is 0 Å². The Morgan fingerprint density at radius 3 is 2.50 bits per heavy atom. The lowest BCUT2D eigenvalue weighted by Crippen LogP contribution is -2.52. The highest BCUT2D eigenvalue weighted by molar-refractivity contribution is 6.10. The van der Waals surface area contributed by atoms with Gasteiger partial charge in [0.1, 0.15) is 0 Å². The van der Waals surface area contributed by atoms with E-state index in [-0.39, 0.29) is 35.9 Å². The molecule has 1 N–H and O–H groups in total. The molecule has 0 bridgehead atoms. The molecule has 2 aliphatic carbocycles. The van der Waals surface area contributed by atoms with E-state index in [9.17, 15) is 22.4 Å². The van der Waals surface area contributed by atoms with Gasteiger partial charge < -0.3 is 15.0 Å². The van der Waals surface area contributed by atoms with Crippen molar-refractivity contribution < 1.29 is 27.1 Å². The van der Waals surface area contributed by atoms with Crippen molar-refractivity contribution in [2.45, 2.75) is 75.4 Å². The van der Waals surface area contributed by atoms with Crippen molar-refractivity contribution >= 4 is 11.6 Å². The monoisotopic (exact) mass is 559 g/mol. The normalized spacial score (nSPS) is 23.7. The number of benzene rings is 2. The Balaban J connectivity index is 1.32. The van der Waals surface area contributed by atoms with E-state index in [1.807, 2.05) is 30.9 Å². The lowest BCUT2D eigenvalue weighted by molar-refractivity contribution is -0.138. The standard InChI is InChI=1S/C29H33F4N5O2/c1-27(8-5-9-27)34-15-18-10-22-23(24(11-18)29(31,32)33)16-38(25(22)39)20-7-4-6-19(12-20)28(13-21(14-28)40-17-30)26-35-37(3)36(26)2/h4,6-7,10-12,21,34H,5,8-9,13-17H2,1-3H3. The molecular weight excluding hydrogens is 526 g/mol. The molecule has 0 radical (unpaired) electrons. The average molecular weight is 560 g/mol. The number of hydrogen-bond acceptors (Lipinski definition) is 4. The molecule has 1 aromatic heterocycles. The Bertz CT molecular complexity index is 1450. The molecule has 214 valence electrons. The summed E-state index contributed by atoms with van der Waals surface area (Å²) in [5, 5.41) is 7.92. The minimum absolute atomic E-state index is 0.000928. The molecule has 3 aliphatic rings. The molecule has 7 nitrogen and oxygen atoms in total. The zero-order valence-corrected chi connectivity index (χ0v) is 22.8. The predicted molar refractivity (Wildman–Crippen MR) is 141 cm³/mol. The van der Waals surface area contributed by atoms with Crippen molar-refractivity contribution in [2.75, 3.05) is 11.8 Å². The molecule has 11 heteroatoms. The summed E-state index contributed by atoms with van der Waals surface area (Å²) in [6.45, 7) is 1.30. The van der Waals surface area contributed by atoms with Gasteiger partial charge in [0.2, 0.25) is 0 Å². The summed E-state index contributed by atoms with van der Waals surface area (Å²) in [6.07, 6.45) is -0.769. The minimum atomic E-state index is -4.58. The van der Waals surface area contributed by atoms with Crippen LogP contribution in [-0.2, 0) is 43.5 Å². The molecule has 1 aliphatic heterocycles. The number of rotatable bonds is 8. The second-order valence-electron chi connectivity index (χ2n) is 11.7. The number of aromatic nitrogens is 3. The van der Waals surface area contributed by atoms with E-state index >= 15 is 0 Å². The van der Waals surface area contributed by atoms with Gasteiger partial charge in [0.25, 0.3) is 5.91 Å². The van der Waals surface area contributed by atoms with Gasteiger partial charge in [0.15, 0.2) is 12.7 Å². The molecule has 6 rings (SSSR count). The summed E-state index contributed by atoms with van der Waals surface area (Å²) < 4.78 is 62.6. The molecule has 40 heavy (non-hydrogen) atoms. The van der Waals surface area contributed by atoms with Gasteiger partial charge in [0, 0.05) is 37.4 Å². The van der Waals surface area contributed by atoms with Gasteiger partial charge >= 0.3 is 6.18 Å². The SMILES string of the molecule is Cn1nc(C2(c3cccc(N4Cc5c(cc(CNC6(C)CCC6)cc5C(F)(F)F)C4=O)c3)CC(OCF)C2)n1C. The highest BCUT2D eigenvalue weighted by Gasteiger charge is 2.52. The number of fused-ring (bicyclic) bond motifs is 1. The first-order valence-corrected chi connectivity index (χ1v) is 13.6. The zero-order valence-electron chi connectivity index (χ0n) is 22.8. The molecule has 0 unspecified atom stereocenters. The van der Waals surface area contributed by atoms with Crippen LogP contribution in [0.2, 0.25) is 0 Å². The second kappa shape index (κ2) is 9.44. The second-order valence-corrected chi connectivity index (χ2v) is 11.7. The van der Waals surface area contributed by atoms with Gasteiger partial charge in [-0.15, -0.1) is 5.10 Å². The number of anilines is 1. The molecule has 1 amide bonds. The van der Waals surface area contributed by atoms with Crippen molar-refractivity contribution in [3.63, 3.8) is 0 Å². The van der Waals surface area contributed by atoms with E-state index in [1.165, 1.54) is 11.0 Å². The number of carbonyl (C=O) groups is 1. The van der Waals surface area contributed by atoms with Gasteiger partial charge in [-0.25, -0.2) is 9.19 Å². The topological polar surface area (TPSA) is 64.3 Å². The number of ether oxygens (including phenoxy) is 1. The van der Waals surface area contributed by atoms with E-state index in [4.69, 9.17) is 4.74 Å². The van der Waals surface area contributed by atoms with Crippen LogP contribution >= 0.6 is 0 Å². The highest BCUT2D eigenvalue weighted by atomic mass is 19.4. The number of hydrogen-bond donors (Lipinski definition) is 1. The molecule has 0 saturated heterocycles. The fraction of sp³-hybridized carbons (Fsp3) is 0.517. The Labute approximate surface area is 230 Å². The summed E-state index contributed by atoms with van der Waals surface area (Å²) in [6, 6.07) is 10.1. The highest BCUT2D eigenvalue weighted by Crippen LogP contribution is 2.51. The zero-order chi connectivity index (χ0) is 28.4. The summed E-state index contributed by atoms with van der Waals surface area (Å²) in [7, 11) is 3.70. The fourth-order valence-corrected chi connectivity index (χ4v) is 6.45. The molecule has 0 spiro atoms. The molecule has 2 fully saturated rings. The largest absolute Gasteiger partial charge is 0.416 e. The first-order valence-electron chi connectivity index (χ1n) is 13.6. The van der Waals surface area contributed by atoms with Crippen molar-refractivity contribution in [3.8, 4) is 0 Å². The molecule has 2 aromatic carbocycles. The number of aryl methyl sites for hydroxylation is 1. The van der Waals surface area contributed by atoms with E-state index < -0.39 is 29.9 Å². The van der Waals surface area contributed by atoms with Gasteiger partial charge in [-0.3, -0.25) is 9.48 Å². The van der Waals surface area contributed by atoms with Crippen molar-refractivity contribution in [3.05, 3.63) is 70.0 Å². The number of amides is 1. The number of nitrogens with zero attached hydrogens (tertiary/aromatic N) is 4. The van der Waals surface area contributed by atoms with Crippen LogP contribution in [0.25, 0.3) is 0 Å². The van der Waals surface area contributed by atoms with Crippen LogP contribution in [0.15, 0.2) is 36.4 Å². The Morgan fingerprint density at radius 2 is 1.90 bits per heavy atom. The summed E-state index contributed by atoms with van der Waals surface area (Å²) in [5.74, 6) is 0.354. The van der Waals surface area contributed by atoms with Crippen molar-refractivity contribution in [2.24, 2.45) is 14.1 Å². The third-order valence-electron chi connectivity index (χ3n) is 9.15. The minimum Gasteiger partial charge on any atom is -0.347 e. The lowest BCUT2D eigenvalue weighted by Gasteiger charge is -2.48. The van der Waals surface area contributed by atoms with E-state index in [0.717, 1.165) is 30.7 Å². The number of halogens is 4. The van der Waals surface area contributed by atoms with Crippen LogP contribution in [0.5, 0.6) is 0 Å². The first-order chi connectivity index (χ1) is 18.9. The van der Waals surface area contributed by atoms with Crippen LogP contribution in [-0.4, -0.2) is 39.0 Å². The van der Waals surface area contributed by atoms with E-state index in [2.05, 4.69) is 17.3 Å². The Kier molecular flexibility index (Phi) is 6.38. The lowest BCUT2D eigenvalue weighted by atomic mass is 9.61. The maximum absolute atomic E-state index is 14.2. The predicted octanol–water partition coefficient (Wildman–Crippen LogP) is 5.36. The maximum Gasteiger partial charge on any atom is 0.416 e. The molecule has 2 heterocycles. The van der Waals surface area contributed by atoms with Gasteiger partial charge in [-0.2, -0.15) is 13.2 Å². The first kappa shape index (κ1) is 27.0. The molecular formula is C29H33F4N5O2. The van der Waals surface area contributed by atoms with Gasteiger partial charge in [-0.1, -0.05) is 12.1 Å². The van der Waals surface area contributed by atoms with E-state index in [1.54, 1.807) is 23.0 Å². The Hall–Kier alpha value is -3.18. The van der Waals surface area contributed by atoms with Crippen molar-refractivity contribution in [1.29, 1.82) is 0 Å².